The molecule has 0 saturated heterocycles. The molecule has 0 unspecified atom stereocenters. The lowest BCUT2D eigenvalue weighted by Crippen LogP contribution is -2.12. The number of carbonyl (C=O) groups is 1. The molecule has 0 spiro atoms. The van der Waals surface area contributed by atoms with E-state index in [-0.39, 0.29) is 23.8 Å². The molecule has 0 amide bonds. The van der Waals surface area contributed by atoms with Crippen LogP contribution in [0.15, 0.2) is 60.9 Å². The zero-order valence-electron chi connectivity index (χ0n) is 17.8. The summed E-state index contributed by atoms with van der Waals surface area (Å²) in [4.78, 5) is 28.3. The maximum Gasteiger partial charge on any atom is 0.341 e. The summed E-state index contributed by atoms with van der Waals surface area (Å²) in [7, 11) is 0. The Balaban J connectivity index is 2.07. The third-order valence-corrected chi connectivity index (χ3v) is 4.83. The second-order valence-electron chi connectivity index (χ2n) is 7.37. The van der Waals surface area contributed by atoms with Crippen LogP contribution in [0.5, 0.6) is 0 Å². The first kappa shape index (κ1) is 22.0. The molecule has 0 N–H and O–H groups in total. The number of hydrogen-bond donors (Lipinski definition) is 0. The van der Waals surface area contributed by atoms with Gasteiger partial charge in [-0.15, -0.1) is 0 Å². The topological polar surface area (TPSA) is 87.3 Å². The Morgan fingerprint density at radius 1 is 1.23 bits per heavy atom. The fourth-order valence-electron chi connectivity index (χ4n) is 3.35. The summed E-state index contributed by atoms with van der Waals surface area (Å²) in [5, 5.41) is 11.6. The largest absolute Gasteiger partial charge is 0.462 e. The van der Waals surface area contributed by atoms with Crippen LogP contribution in [0.25, 0.3) is 11.6 Å². The van der Waals surface area contributed by atoms with Crippen molar-refractivity contribution >= 4 is 23.3 Å². The molecule has 3 aromatic rings. The highest BCUT2D eigenvalue weighted by molar-refractivity contribution is 6.20. The number of nitrogens with zero attached hydrogens (tertiary/aromatic N) is 3. The highest BCUT2D eigenvalue weighted by Crippen LogP contribution is 2.29. The van der Waals surface area contributed by atoms with Crippen LogP contribution in [0.3, 0.4) is 0 Å². The molecule has 2 aromatic carbocycles. The van der Waals surface area contributed by atoms with Gasteiger partial charge in [0.15, 0.2) is 0 Å². The minimum absolute atomic E-state index is 0.00716. The summed E-state index contributed by atoms with van der Waals surface area (Å²) in [6.45, 7) is 6.28. The summed E-state index contributed by atoms with van der Waals surface area (Å²) in [6.07, 6.45) is 5.01. The van der Waals surface area contributed by atoms with E-state index in [9.17, 15) is 14.9 Å². The summed E-state index contributed by atoms with van der Waals surface area (Å²) in [6, 6.07) is 14.8. The highest BCUT2D eigenvalue weighted by atomic mass is 16.6. The van der Waals surface area contributed by atoms with Crippen molar-refractivity contribution in [3.63, 3.8) is 0 Å². The van der Waals surface area contributed by atoms with Crippen molar-refractivity contribution in [3.8, 4) is 0 Å². The van der Waals surface area contributed by atoms with E-state index >= 15 is 0 Å². The number of aromatic nitrogens is 2. The van der Waals surface area contributed by atoms with Gasteiger partial charge >= 0.3 is 5.97 Å². The van der Waals surface area contributed by atoms with Crippen molar-refractivity contribution in [1.29, 1.82) is 0 Å². The number of ether oxygens (including phenoxy) is 1. The van der Waals surface area contributed by atoms with Gasteiger partial charge in [0.05, 0.1) is 11.5 Å². The highest BCUT2D eigenvalue weighted by Gasteiger charge is 2.21. The van der Waals surface area contributed by atoms with Gasteiger partial charge in [0.2, 0.25) is 0 Å². The van der Waals surface area contributed by atoms with Crippen LogP contribution in [0.4, 0.5) is 5.69 Å². The molecule has 7 nitrogen and oxygen atoms in total. The predicted molar refractivity (Wildman–Crippen MR) is 119 cm³/mol. The molecule has 1 heterocycles. The molecule has 31 heavy (non-hydrogen) atoms. The van der Waals surface area contributed by atoms with E-state index in [1.54, 1.807) is 37.5 Å². The minimum Gasteiger partial charge on any atom is -0.462 e. The lowest BCUT2D eigenvalue weighted by molar-refractivity contribution is -0.385. The quantitative estimate of drug-likeness (QED) is 0.220. The molecule has 1 aromatic heterocycles. The van der Waals surface area contributed by atoms with Crippen LogP contribution in [-0.2, 0) is 16.1 Å². The van der Waals surface area contributed by atoms with E-state index in [2.05, 4.69) is 4.98 Å². The molecule has 0 saturated carbocycles. The number of imidazole rings is 1. The lowest BCUT2D eigenvalue weighted by atomic mass is 9.98. The maximum atomic E-state index is 12.8. The normalized spacial score (nSPS) is 11.5. The Bertz CT molecular complexity index is 1100. The Labute approximate surface area is 181 Å². The van der Waals surface area contributed by atoms with Gasteiger partial charge in [0, 0.05) is 30.6 Å². The van der Waals surface area contributed by atoms with Crippen LogP contribution >= 0.6 is 0 Å². The Morgan fingerprint density at radius 3 is 2.61 bits per heavy atom. The van der Waals surface area contributed by atoms with Crippen LogP contribution in [-0.4, -0.2) is 27.1 Å². The van der Waals surface area contributed by atoms with E-state index in [4.69, 9.17) is 4.74 Å². The number of hydrogen-bond acceptors (Lipinski definition) is 5. The van der Waals surface area contributed by atoms with Crippen LogP contribution < -0.4 is 0 Å². The van der Waals surface area contributed by atoms with Gasteiger partial charge in [-0.05, 0) is 30.0 Å². The van der Waals surface area contributed by atoms with Crippen LogP contribution in [0.1, 0.15) is 49.2 Å². The second kappa shape index (κ2) is 9.84. The molecule has 0 aliphatic carbocycles. The van der Waals surface area contributed by atoms with Crippen molar-refractivity contribution in [2.75, 3.05) is 6.61 Å². The fraction of sp³-hybridized carbons (Fsp3) is 0.250. The average Bonchev–Trinajstić information content (AvgIpc) is 3.20. The Morgan fingerprint density at radius 2 is 1.97 bits per heavy atom. The number of benzene rings is 2. The number of nitro benzene ring substituents is 1. The number of nitro groups is 1. The smallest absolute Gasteiger partial charge is 0.341 e. The molecule has 0 aliphatic heterocycles. The summed E-state index contributed by atoms with van der Waals surface area (Å²) in [5.74, 6) is -0.0794. The van der Waals surface area contributed by atoms with Gasteiger partial charge in [-0.2, -0.15) is 0 Å². The molecule has 3 rings (SSSR count). The van der Waals surface area contributed by atoms with E-state index in [0.29, 0.717) is 23.5 Å². The Kier molecular flexibility index (Phi) is 6.97. The monoisotopic (exact) mass is 419 g/mol. The van der Waals surface area contributed by atoms with E-state index in [1.165, 1.54) is 6.07 Å². The van der Waals surface area contributed by atoms with Crippen LogP contribution in [0.2, 0.25) is 0 Å². The maximum absolute atomic E-state index is 12.8. The van der Waals surface area contributed by atoms with E-state index in [0.717, 1.165) is 5.56 Å². The molecule has 160 valence electrons. The van der Waals surface area contributed by atoms with Crippen molar-refractivity contribution in [2.45, 2.75) is 33.2 Å². The predicted octanol–water partition coefficient (Wildman–Crippen LogP) is 5.07. The minimum atomic E-state index is -0.529. The molecule has 0 radical (unpaired) electrons. The average molecular weight is 419 g/mol. The number of rotatable bonds is 8. The second-order valence-corrected chi connectivity index (χ2v) is 7.37. The third-order valence-electron chi connectivity index (χ3n) is 4.83. The molecule has 0 fully saturated rings. The molecule has 7 heteroatoms. The molecular formula is C24H25N3O4. The first-order chi connectivity index (χ1) is 14.9. The van der Waals surface area contributed by atoms with Gasteiger partial charge in [0.1, 0.15) is 11.4 Å². The van der Waals surface area contributed by atoms with Crippen molar-refractivity contribution < 1.29 is 14.5 Å². The van der Waals surface area contributed by atoms with Crippen molar-refractivity contribution in [2.24, 2.45) is 0 Å². The van der Waals surface area contributed by atoms with Gasteiger partial charge in [-0.1, -0.05) is 56.3 Å². The van der Waals surface area contributed by atoms with Crippen LogP contribution in [0, 0.1) is 10.1 Å². The van der Waals surface area contributed by atoms with Gasteiger partial charge < -0.3 is 9.30 Å². The first-order valence-corrected chi connectivity index (χ1v) is 10.1. The van der Waals surface area contributed by atoms with Gasteiger partial charge in [-0.3, -0.25) is 10.1 Å². The van der Waals surface area contributed by atoms with Gasteiger partial charge in [-0.25, -0.2) is 9.78 Å². The molecule has 0 aliphatic rings. The molecule has 0 atom stereocenters. The SMILES string of the molecule is CCOC(=O)/C(=C/c1ccc(C(C)C)c([N+](=O)[O-])c1)c1nccn1Cc1ccccc1. The zero-order valence-corrected chi connectivity index (χ0v) is 17.8. The Hall–Kier alpha value is -3.74. The summed E-state index contributed by atoms with van der Waals surface area (Å²) < 4.78 is 7.11. The third kappa shape index (κ3) is 5.25. The summed E-state index contributed by atoms with van der Waals surface area (Å²) in [5.41, 5.74) is 2.51. The molecular weight excluding hydrogens is 394 g/mol. The zero-order chi connectivity index (χ0) is 22.4. The van der Waals surface area contributed by atoms with E-state index < -0.39 is 10.9 Å². The van der Waals surface area contributed by atoms with Crippen molar-refractivity contribution in [3.05, 3.63) is 93.6 Å². The standard InChI is InChI=1S/C24H25N3O4/c1-4-31-24(28)21(14-19-10-11-20(17(2)3)22(15-19)27(29)30)23-25-12-13-26(23)16-18-8-6-5-7-9-18/h5-15,17H,4,16H2,1-3H3/b21-14+. The van der Waals surface area contributed by atoms with Crippen molar-refractivity contribution in [1.82, 2.24) is 9.55 Å². The first-order valence-electron chi connectivity index (χ1n) is 10.1. The number of esters is 1. The molecule has 0 bridgehead atoms. The lowest BCUT2D eigenvalue weighted by Gasteiger charge is -2.12. The van der Waals surface area contributed by atoms with Gasteiger partial charge in [0.25, 0.3) is 5.69 Å². The summed E-state index contributed by atoms with van der Waals surface area (Å²) >= 11 is 0. The fourth-order valence-corrected chi connectivity index (χ4v) is 3.35. The van der Waals surface area contributed by atoms with E-state index in [1.807, 2.05) is 48.7 Å². The number of carbonyl (C=O) groups excluding carboxylic acids is 1.